The zero-order chi connectivity index (χ0) is 12.3. The van der Waals surface area contributed by atoms with Gasteiger partial charge in [0.2, 0.25) is 0 Å². The number of rotatable bonds is 3. The van der Waals surface area contributed by atoms with E-state index >= 15 is 0 Å². The normalized spacial score (nSPS) is 10.0. The highest BCUT2D eigenvalue weighted by atomic mass is 79.9. The molecule has 0 aliphatic rings. The van der Waals surface area contributed by atoms with Gasteiger partial charge >= 0.3 is 0 Å². The first kappa shape index (κ1) is 12.1. The number of pyridine rings is 1. The summed E-state index contributed by atoms with van der Waals surface area (Å²) in [6.07, 6.45) is 1.63. The van der Waals surface area contributed by atoms with Gasteiger partial charge in [0, 0.05) is 22.1 Å². The second kappa shape index (κ2) is 5.29. The summed E-state index contributed by atoms with van der Waals surface area (Å²) in [5.41, 5.74) is 0. The number of hydrogen-bond donors (Lipinski definition) is 1. The molecule has 0 aliphatic carbocycles. The zero-order valence-corrected chi connectivity index (χ0v) is 11.3. The number of halogens is 1. The molecule has 0 bridgehead atoms. The van der Waals surface area contributed by atoms with Gasteiger partial charge in [-0.1, -0.05) is 0 Å². The number of nitrogens with one attached hydrogen (secondary N) is 1. The number of carbonyl (C=O) groups excluding carboxylic acids is 1. The number of methoxy groups -OCH3 is 1. The third kappa shape index (κ3) is 3.04. The molecule has 1 N–H and O–H groups in total. The van der Waals surface area contributed by atoms with E-state index in [9.17, 15) is 4.79 Å². The van der Waals surface area contributed by atoms with E-state index in [1.165, 1.54) is 11.3 Å². The quantitative estimate of drug-likeness (QED) is 0.947. The molecule has 2 aromatic rings. The van der Waals surface area contributed by atoms with Crippen molar-refractivity contribution in [1.82, 2.24) is 4.98 Å². The van der Waals surface area contributed by atoms with Crippen molar-refractivity contribution in [2.45, 2.75) is 0 Å². The van der Waals surface area contributed by atoms with Gasteiger partial charge in [-0.15, -0.1) is 11.3 Å². The fraction of sp³-hybridized carbons (Fsp3) is 0.0909. The smallest absolute Gasteiger partial charge is 0.267 e. The monoisotopic (exact) mass is 312 g/mol. The largest absolute Gasteiger partial charge is 0.496 e. The van der Waals surface area contributed by atoms with E-state index in [-0.39, 0.29) is 5.91 Å². The van der Waals surface area contributed by atoms with Gasteiger partial charge in [0.15, 0.2) is 0 Å². The summed E-state index contributed by atoms with van der Waals surface area (Å²) >= 11 is 4.61. The molecule has 0 aliphatic heterocycles. The maximum absolute atomic E-state index is 11.8. The van der Waals surface area contributed by atoms with Crippen LogP contribution in [0.4, 0.5) is 5.82 Å². The molecule has 0 unspecified atom stereocenters. The lowest BCUT2D eigenvalue weighted by Crippen LogP contribution is -2.11. The summed E-state index contributed by atoms with van der Waals surface area (Å²) in [6, 6.07) is 5.24. The molecule has 0 spiro atoms. The van der Waals surface area contributed by atoms with E-state index < -0.39 is 0 Å². The Labute approximate surface area is 111 Å². The summed E-state index contributed by atoms with van der Waals surface area (Å²) < 4.78 is 5.89. The highest BCUT2D eigenvalue weighted by Gasteiger charge is 2.10. The topological polar surface area (TPSA) is 51.2 Å². The van der Waals surface area contributed by atoms with Crippen LogP contribution in [-0.2, 0) is 0 Å². The van der Waals surface area contributed by atoms with Crippen LogP contribution in [0.2, 0.25) is 0 Å². The van der Waals surface area contributed by atoms with Crippen molar-refractivity contribution in [3.05, 3.63) is 39.1 Å². The van der Waals surface area contributed by atoms with Gasteiger partial charge in [0.25, 0.3) is 5.91 Å². The van der Waals surface area contributed by atoms with Gasteiger partial charge in [-0.2, -0.15) is 0 Å². The van der Waals surface area contributed by atoms with Gasteiger partial charge < -0.3 is 10.1 Å². The van der Waals surface area contributed by atoms with E-state index in [1.807, 2.05) is 6.07 Å². The second-order valence-electron chi connectivity index (χ2n) is 3.17. The van der Waals surface area contributed by atoms with E-state index in [0.29, 0.717) is 16.4 Å². The van der Waals surface area contributed by atoms with Crippen molar-refractivity contribution in [2.24, 2.45) is 0 Å². The minimum Gasteiger partial charge on any atom is -0.496 e. The van der Waals surface area contributed by atoms with Crippen molar-refractivity contribution in [1.29, 1.82) is 0 Å². The molecule has 2 rings (SSSR count). The average Bonchev–Trinajstić information content (AvgIpc) is 2.81. The van der Waals surface area contributed by atoms with Crippen molar-refractivity contribution < 1.29 is 9.53 Å². The molecule has 0 atom stereocenters. The molecule has 0 fully saturated rings. The predicted molar refractivity (Wildman–Crippen MR) is 70.8 cm³/mol. The van der Waals surface area contributed by atoms with Crippen LogP contribution in [0.5, 0.6) is 5.75 Å². The first-order valence-electron chi connectivity index (χ1n) is 4.74. The lowest BCUT2D eigenvalue weighted by Gasteiger charge is -2.01. The van der Waals surface area contributed by atoms with Gasteiger partial charge in [-0.3, -0.25) is 4.79 Å². The lowest BCUT2D eigenvalue weighted by molar-refractivity contribution is 0.103. The first-order chi connectivity index (χ1) is 8.19. The summed E-state index contributed by atoms with van der Waals surface area (Å²) in [4.78, 5) is 16.5. The number of hydrogen-bond acceptors (Lipinski definition) is 4. The van der Waals surface area contributed by atoms with Crippen LogP contribution in [0.15, 0.2) is 34.2 Å². The number of carbonyl (C=O) groups is 1. The molecule has 88 valence electrons. The van der Waals surface area contributed by atoms with E-state index in [2.05, 4.69) is 26.2 Å². The molecule has 1 amide bonds. The molecule has 0 aromatic carbocycles. The Balaban J connectivity index is 2.08. The summed E-state index contributed by atoms with van der Waals surface area (Å²) in [7, 11) is 1.57. The molecule has 2 aromatic heterocycles. The molecular formula is C11H9BrN2O2S. The number of nitrogens with zero attached hydrogens (tertiary/aromatic N) is 1. The van der Waals surface area contributed by atoms with E-state index in [4.69, 9.17) is 4.74 Å². The summed E-state index contributed by atoms with van der Waals surface area (Å²) in [5.74, 6) is 1.02. The molecule has 0 radical (unpaired) electrons. The first-order valence-corrected chi connectivity index (χ1v) is 6.42. The van der Waals surface area contributed by atoms with Crippen molar-refractivity contribution in [2.75, 3.05) is 12.4 Å². The van der Waals surface area contributed by atoms with Crippen LogP contribution in [0, 0.1) is 0 Å². The summed E-state index contributed by atoms with van der Waals surface area (Å²) in [5, 5.41) is 4.49. The van der Waals surface area contributed by atoms with Crippen LogP contribution in [-0.4, -0.2) is 18.0 Å². The fourth-order valence-electron chi connectivity index (χ4n) is 1.17. The summed E-state index contributed by atoms with van der Waals surface area (Å²) in [6.45, 7) is 0. The van der Waals surface area contributed by atoms with Crippen molar-refractivity contribution >= 4 is 39.0 Å². The number of aromatic nitrogens is 1. The van der Waals surface area contributed by atoms with E-state index in [1.54, 1.807) is 30.8 Å². The third-order valence-electron chi connectivity index (χ3n) is 2.00. The number of thiophene rings is 1. The Bertz CT molecular complexity index is 525. The number of amides is 1. The van der Waals surface area contributed by atoms with Crippen LogP contribution >= 0.6 is 27.3 Å². The molecule has 0 saturated carbocycles. The average molecular weight is 313 g/mol. The van der Waals surface area contributed by atoms with Crippen LogP contribution < -0.4 is 10.1 Å². The van der Waals surface area contributed by atoms with Crippen LogP contribution in [0.1, 0.15) is 9.67 Å². The lowest BCUT2D eigenvalue weighted by atomic mass is 10.4. The van der Waals surface area contributed by atoms with Gasteiger partial charge in [0.05, 0.1) is 12.0 Å². The Morgan fingerprint density at radius 1 is 1.53 bits per heavy atom. The van der Waals surface area contributed by atoms with Gasteiger partial charge in [-0.25, -0.2) is 4.98 Å². The Kier molecular flexibility index (Phi) is 3.75. The number of ether oxygens (including phenoxy) is 1. The second-order valence-corrected chi connectivity index (χ2v) is 4.99. The Hall–Kier alpha value is -1.40. The molecular weight excluding hydrogens is 304 g/mol. The van der Waals surface area contributed by atoms with Crippen LogP contribution in [0.3, 0.4) is 0 Å². The van der Waals surface area contributed by atoms with Gasteiger partial charge in [0.1, 0.15) is 11.6 Å². The van der Waals surface area contributed by atoms with Crippen molar-refractivity contribution in [3.63, 3.8) is 0 Å². The maximum atomic E-state index is 11.8. The highest BCUT2D eigenvalue weighted by Crippen LogP contribution is 2.22. The van der Waals surface area contributed by atoms with E-state index in [0.717, 1.165) is 4.47 Å². The molecule has 2 heterocycles. The zero-order valence-electron chi connectivity index (χ0n) is 8.94. The minimum absolute atomic E-state index is 0.187. The van der Waals surface area contributed by atoms with Gasteiger partial charge in [-0.05, 0) is 28.1 Å². The molecule has 6 heteroatoms. The maximum Gasteiger partial charge on any atom is 0.267 e. The highest BCUT2D eigenvalue weighted by molar-refractivity contribution is 9.10. The molecule has 4 nitrogen and oxygen atoms in total. The minimum atomic E-state index is -0.187. The third-order valence-corrected chi connectivity index (χ3v) is 3.38. The Morgan fingerprint density at radius 3 is 2.94 bits per heavy atom. The standard InChI is InChI=1S/C11H9BrN2O2S/c1-16-8-4-9(17-6-8)11(15)14-10-3-2-7(12)5-13-10/h2-6H,1H3,(H,13,14,15). The Morgan fingerprint density at radius 2 is 2.35 bits per heavy atom. The fourth-order valence-corrected chi connectivity index (χ4v) is 2.16. The SMILES string of the molecule is COc1csc(C(=O)Nc2ccc(Br)cn2)c1. The van der Waals surface area contributed by atoms with Crippen LogP contribution in [0.25, 0.3) is 0 Å². The molecule has 17 heavy (non-hydrogen) atoms. The van der Waals surface area contributed by atoms with Crippen molar-refractivity contribution in [3.8, 4) is 5.75 Å². The predicted octanol–water partition coefficient (Wildman–Crippen LogP) is 3.17. The number of anilines is 1. The molecule has 0 saturated heterocycles.